The van der Waals surface area contributed by atoms with Gasteiger partial charge in [-0.25, -0.2) is 4.98 Å². The molecule has 0 radical (unpaired) electrons. The highest BCUT2D eigenvalue weighted by Crippen LogP contribution is 2.19. The van der Waals surface area contributed by atoms with Gasteiger partial charge in [-0.2, -0.15) is 0 Å². The van der Waals surface area contributed by atoms with Crippen molar-refractivity contribution in [3.63, 3.8) is 0 Å². The van der Waals surface area contributed by atoms with E-state index in [1.54, 1.807) is 12.3 Å². The molecule has 1 aliphatic rings. The second-order valence-electron chi connectivity index (χ2n) is 4.42. The zero-order valence-electron chi connectivity index (χ0n) is 10.2. The monoisotopic (exact) mass is 242 g/mol. The summed E-state index contributed by atoms with van der Waals surface area (Å²) in [5.41, 5.74) is 1.55. The lowest BCUT2D eigenvalue weighted by atomic mass is 10.2. The zero-order valence-corrected chi connectivity index (χ0v) is 10.2. The van der Waals surface area contributed by atoms with Crippen molar-refractivity contribution in [1.82, 2.24) is 14.5 Å². The van der Waals surface area contributed by atoms with Crippen LogP contribution in [0.1, 0.15) is 23.2 Å². The lowest BCUT2D eigenvalue weighted by Gasteiger charge is -2.29. The highest BCUT2D eigenvalue weighted by atomic mass is 16.1. The quantitative estimate of drug-likeness (QED) is 0.749. The second kappa shape index (κ2) is 4.25. The van der Waals surface area contributed by atoms with Gasteiger partial charge in [-0.3, -0.25) is 9.78 Å². The molecular weight excluding hydrogens is 228 g/mol. The highest BCUT2D eigenvalue weighted by Gasteiger charge is 2.17. The third-order valence-corrected chi connectivity index (χ3v) is 3.22. The summed E-state index contributed by atoms with van der Waals surface area (Å²) in [6.07, 6.45) is 5.59. The number of Topliss-reactive ketones (excluding diaryl/α,β-unsaturated/α-hetero) is 1. The Morgan fingerprint density at radius 1 is 1.28 bits per heavy atom. The van der Waals surface area contributed by atoms with E-state index in [-0.39, 0.29) is 5.78 Å². The fraction of sp³-hybridized carbons (Fsp3) is 0.308. The summed E-state index contributed by atoms with van der Waals surface area (Å²) >= 11 is 0. The Kier molecular flexibility index (Phi) is 2.59. The van der Waals surface area contributed by atoms with Gasteiger partial charge in [0.15, 0.2) is 5.78 Å². The average molecular weight is 242 g/mol. The number of carbonyl (C=O) groups excluding carboxylic acids is 1. The van der Waals surface area contributed by atoms with Crippen LogP contribution in [0.4, 0.5) is 5.69 Å². The Morgan fingerprint density at radius 3 is 2.89 bits per heavy atom. The van der Waals surface area contributed by atoms with Gasteiger partial charge < -0.3 is 9.47 Å². The Hall–Kier alpha value is -2.17. The molecule has 18 heavy (non-hydrogen) atoms. The number of carbonyl (C=O) groups is 1. The summed E-state index contributed by atoms with van der Waals surface area (Å²) in [5.74, 6) is 1.06. The number of rotatable bonds is 2. The van der Waals surface area contributed by atoms with E-state index in [1.807, 2.05) is 18.5 Å². The van der Waals surface area contributed by atoms with Crippen LogP contribution >= 0.6 is 0 Å². The van der Waals surface area contributed by atoms with Crippen molar-refractivity contribution in [1.29, 1.82) is 0 Å². The Morgan fingerprint density at radius 2 is 2.17 bits per heavy atom. The van der Waals surface area contributed by atoms with Crippen molar-refractivity contribution in [2.75, 3.05) is 11.4 Å². The number of imidazole rings is 1. The van der Waals surface area contributed by atoms with Gasteiger partial charge in [0.25, 0.3) is 0 Å². The first-order chi connectivity index (χ1) is 8.74. The number of ketones is 1. The van der Waals surface area contributed by atoms with Crippen molar-refractivity contribution in [2.24, 2.45) is 0 Å². The minimum Gasteiger partial charge on any atom is -0.361 e. The van der Waals surface area contributed by atoms with Gasteiger partial charge in [0.1, 0.15) is 11.5 Å². The van der Waals surface area contributed by atoms with Crippen molar-refractivity contribution in [3.05, 3.63) is 42.2 Å². The molecular formula is C13H14N4O. The molecule has 0 bridgehead atoms. The molecule has 2 aromatic heterocycles. The van der Waals surface area contributed by atoms with Gasteiger partial charge in [-0.1, -0.05) is 0 Å². The first-order valence-electron chi connectivity index (χ1n) is 5.96. The lowest BCUT2D eigenvalue weighted by molar-refractivity contribution is 0.101. The van der Waals surface area contributed by atoms with Crippen LogP contribution in [-0.4, -0.2) is 26.9 Å². The van der Waals surface area contributed by atoms with E-state index in [1.165, 1.54) is 6.92 Å². The number of anilines is 1. The Balaban J connectivity index is 1.82. The molecule has 1 aliphatic heterocycles. The number of pyridine rings is 1. The van der Waals surface area contributed by atoms with Gasteiger partial charge in [-0.05, 0) is 12.1 Å². The third kappa shape index (κ3) is 1.88. The maximum atomic E-state index is 11.2. The molecule has 3 rings (SSSR count). The molecule has 5 nitrogen and oxygen atoms in total. The molecule has 92 valence electrons. The first kappa shape index (κ1) is 11.0. The van der Waals surface area contributed by atoms with E-state index >= 15 is 0 Å². The minimum absolute atomic E-state index is 0.00395. The maximum Gasteiger partial charge on any atom is 0.178 e. The topological polar surface area (TPSA) is 51.0 Å². The summed E-state index contributed by atoms with van der Waals surface area (Å²) < 4.78 is 2.16. The fourth-order valence-corrected chi connectivity index (χ4v) is 2.18. The minimum atomic E-state index is -0.00395. The second-order valence-corrected chi connectivity index (χ2v) is 4.42. The van der Waals surface area contributed by atoms with Gasteiger partial charge in [0, 0.05) is 32.4 Å². The van der Waals surface area contributed by atoms with Crippen molar-refractivity contribution in [3.8, 4) is 0 Å². The summed E-state index contributed by atoms with van der Waals surface area (Å²) in [4.78, 5) is 21.9. The molecule has 0 saturated carbocycles. The van der Waals surface area contributed by atoms with Gasteiger partial charge in [-0.15, -0.1) is 0 Å². The lowest BCUT2D eigenvalue weighted by Crippen LogP contribution is -2.33. The number of fused-ring (bicyclic) bond motifs is 1. The third-order valence-electron chi connectivity index (χ3n) is 3.22. The standard InChI is InChI=1S/C13H14N4O/c1-10(18)12-3-2-11(8-15-12)17-7-6-16-5-4-14-13(16)9-17/h2-5,8H,6-7,9H2,1H3. The van der Waals surface area contributed by atoms with E-state index in [9.17, 15) is 4.79 Å². The predicted octanol–water partition coefficient (Wildman–Crippen LogP) is 1.50. The normalized spacial score (nSPS) is 14.4. The van der Waals surface area contributed by atoms with Crippen LogP contribution in [-0.2, 0) is 13.1 Å². The molecule has 0 fully saturated rings. The van der Waals surface area contributed by atoms with Gasteiger partial charge in [0.2, 0.25) is 0 Å². The van der Waals surface area contributed by atoms with Crippen molar-refractivity contribution in [2.45, 2.75) is 20.0 Å². The van der Waals surface area contributed by atoms with Crippen molar-refractivity contribution >= 4 is 11.5 Å². The fourth-order valence-electron chi connectivity index (χ4n) is 2.18. The van der Waals surface area contributed by atoms with Crippen LogP contribution in [0, 0.1) is 0 Å². The van der Waals surface area contributed by atoms with Crippen LogP contribution in [0.3, 0.4) is 0 Å². The first-order valence-corrected chi connectivity index (χ1v) is 5.96. The smallest absolute Gasteiger partial charge is 0.178 e. The molecule has 0 amide bonds. The Bertz CT molecular complexity index is 573. The molecule has 0 N–H and O–H groups in total. The maximum absolute atomic E-state index is 11.2. The van der Waals surface area contributed by atoms with Gasteiger partial charge >= 0.3 is 0 Å². The van der Waals surface area contributed by atoms with Crippen molar-refractivity contribution < 1.29 is 4.79 Å². The van der Waals surface area contributed by atoms with E-state index < -0.39 is 0 Å². The van der Waals surface area contributed by atoms with Crippen LogP contribution in [0.25, 0.3) is 0 Å². The molecule has 0 aromatic carbocycles. The number of hydrogen-bond donors (Lipinski definition) is 0. The molecule has 0 aliphatic carbocycles. The van der Waals surface area contributed by atoms with E-state index in [0.717, 1.165) is 31.1 Å². The summed E-state index contributed by atoms with van der Waals surface area (Å²) in [7, 11) is 0. The molecule has 0 spiro atoms. The van der Waals surface area contributed by atoms with E-state index in [2.05, 4.69) is 19.4 Å². The van der Waals surface area contributed by atoms with Crippen LogP contribution < -0.4 is 4.90 Å². The number of hydrogen-bond acceptors (Lipinski definition) is 4. The molecule has 3 heterocycles. The SMILES string of the molecule is CC(=O)c1ccc(N2CCn3ccnc3C2)cn1. The molecule has 5 heteroatoms. The molecule has 0 saturated heterocycles. The zero-order chi connectivity index (χ0) is 12.5. The highest BCUT2D eigenvalue weighted by molar-refractivity contribution is 5.92. The van der Waals surface area contributed by atoms with Crippen LogP contribution in [0.5, 0.6) is 0 Å². The summed E-state index contributed by atoms with van der Waals surface area (Å²) in [6.45, 7) is 4.18. The molecule has 0 atom stereocenters. The predicted molar refractivity (Wildman–Crippen MR) is 67.5 cm³/mol. The summed E-state index contributed by atoms with van der Waals surface area (Å²) in [5, 5.41) is 0. The number of nitrogens with zero attached hydrogens (tertiary/aromatic N) is 4. The largest absolute Gasteiger partial charge is 0.361 e. The Labute approximate surface area is 105 Å². The average Bonchev–Trinajstić information content (AvgIpc) is 2.86. The van der Waals surface area contributed by atoms with Gasteiger partial charge in [0.05, 0.1) is 18.4 Å². The summed E-state index contributed by atoms with van der Waals surface area (Å²) in [6, 6.07) is 3.72. The molecule has 0 unspecified atom stereocenters. The van der Waals surface area contributed by atoms with E-state index in [0.29, 0.717) is 5.69 Å². The van der Waals surface area contributed by atoms with Crippen LogP contribution in [0.15, 0.2) is 30.7 Å². The van der Waals surface area contributed by atoms with Crippen LogP contribution in [0.2, 0.25) is 0 Å². The van der Waals surface area contributed by atoms with E-state index in [4.69, 9.17) is 0 Å². The molecule has 2 aromatic rings. The number of aromatic nitrogens is 3.